The molecule has 0 amide bonds. The Kier molecular flexibility index (Phi) is 4.71. The van der Waals surface area contributed by atoms with Crippen LogP contribution in [0.15, 0.2) is 60.8 Å². The van der Waals surface area contributed by atoms with Gasteiger partial charge in [-0.2, -0.15) is 5.10 Å². The number of fused-ring (bicyclic) bond motifs is 1. The van der Waals surface area contributed by atoms with Gasteiger partial charge in [-0.25, -0.2) is 13.9 Å². The van der Waals surface area contributed by atoms with Crippen molar-refractivity contribution >= 4 is 11.5 Å². The fourth-order valence-electron chi connectivity index (χ4n) is 4.19. The van der Waals surface area contributed by atoms with Crippen LogP contribution in [-0.2, 0) is 0 Å². The maximum atomic E-state index is 13.5. The van der Waals surface area contributed by atoms with Gasteiger partial charge in [0.05, 0.1) is 24.5 Å². The molecule has 0 saturated carbocycles. The molecule has 30 heavy (non-hydrogen) atoms. The normalized spacial score (nSPS) is 16.5. The Hall–Kier alpha value is -3.25. The number of hydrogen-bond donors (Lipinski definition) is 1. The minimum Gasteiger partial charge on any atom is -0.394 e. The second-order valence-electron chi connectivity index (χ2n) is 7.84. The zero-order valence-electron chi connectivity index (χ0n) is 16.8. The van der Waals surface area contributed by atoms with Crippen LogP contribution in [0.1, 0.15) is 18.4 Å². The van der Waals surface area contributed by atoms with Crippen molar-refractivity contribution in [3.8, 4) is 22.4 Å². The molecule has 1 atom stereocenters. The number of aliphatic hydroxyl groups is 1. The molecule has 5 nitrogen and oxygen atoms in total. The van der Waals surface area contributed by atoms with Crippen LogP contribution in [0.5, 0.6) is 0 Å². The molecule has 0 radical (unpaired) electrons. The molecule has 1 fully saturated rings. The third-order valence-corrected chi connectivity index (χ3v) is 5.84. The predicted octanol–water partition coefficient (Wildman–Crippen LogP) is 4.47. The van der Waals surface area contributed by atoms with Gasteiger partial charge < -0.3 is 10.0 Å². The second-order valence-corrected chi connectivity index (χ2v) is 7.84. The predicted molar refractivity (Wildman–Crippen MR) is 116 cm³/mol. The quantitative estimate of drug-likeness (QED) is 0.547. The van der Waals surface area contributed by atoms with Gasteiger partial charge in [0.2, 0.25) is 0 Å². The molecular formula is C24H23FN4O. The van der Waals surface area contributed by atoms with Crippen molar-refractivity contribution in [1.29, 1.82) is 0 Å². The van der Waals surface area contributed by atoms with E-state index in [2.05, 4.69) is 41.2 Å². The lowest BCUT2D eigenvalue weighted by molar-refractivity contribution is 0.266. The zero-order valence-corrected chi connectivity index (χ0v) is 16.8. The molecular weight excluding hydrogens is 379 g/mol. The molecule has 152 valence electrons. The standard InChI is InChI=1S/C24H23FN4O/c1-16-4-6-17(7-5-16)21-14-26-29-22(18-8-10-19(25)11-9-18)13-23(27-24(21)29)28-12-2-3-20(28)15-30/h4-11,13-14,20,30H,2-3,12,15H2,1H3. The van der Waals surface area contributed by atoms with Crippen LogP contribution < -0.4 is 4.90 Å². The van der Waals surface area contributed by atoms with Crippen LogP contribution in [-0.4, -0.2) is 38.9 Å². The van der Waals surface area contributed by atoms with Crippen LogP contribution >= 0.6 is 0 Å². The topological polar surface area (TPSA) is 53.7 Å². The summed E-state index contributed by atoms with van der Waals surface area (Å²) in [6, 6.07) is 16.8. The number of nitrogens with zero attached hydrogens (tertiary/aromatic N) is 4. The maximum Gasteiger partial charge on any atom is 0.165 e. The molecule has 6 heteroatoms. The molecule has 0 spiro atoms. The van der Waals surface area contributed by atoms with Gasteiger partial charge in [0.25, 0.3) is 0 Å². The van der Waals surface area contributed by atoms with Gasteiger partial charge >= 0.3 is 0 Å². The minimum atomic E-state index is -0.273. The van der Waals surface area contributed by atoms with Crippen molar-refractivity contribution in [2.24, 2.45) is 0 Å². The number of hydrogen-bond acceptors (Lipinski definition) is 4. The van der Waals surface area contributed by atoms with Gasteiger partial charge in [0.15, 0.2) is 5.65 Å². The molecule has 1 aliphatic heterocycles. The Labute approximate surface area is 174 Å². The van der Waals surface area contributed by atoms with Crippen molar-refractivity contribution in [2.45, 2.75) is 25.8 Å². The van der Waals surface area contributed by atoms with Crippen molar-refractivity contribution in [3.05, 3.63) is 72.2 Å². The van der Waals surface area contributed by atoms with Crippen LogP contribution in [0.4, 0.5) is 10.2 Å². The van der Waals surface area contributed by atoms with E-state index in [1.165, 1.54) is 17.7 Å². The Morgan fingerprint density at radius 2 is 1.80 bits per heavy atom. The minimum absolute atomic E-state index is 0.0618. The molecule has 2 aromatic heterocycles. The Balaban J connectivity index is 1.73. The first kappa shape index (κ1) is 18.8. The molecule has 5 rings (SSSR count). The first-order valence-electron chi connectivity index (χ1n) is 10.2. The van der Waals surface area contributed by atoms with E-state index in [1.807, 2.05) is 16.8 Å². The number of rotatable bonds is 4. The average Bonchev–Trinajstić information content (AvgIpc) is 3.41. The van der Waals surface area contributed by atoms with E-state index in [9.17, 15) is 9.50 Å². The summed E-state index contributed by atoms with van der Waals surface area (Å²) in [5.74, 6) is 0.539. The molecule has 1 unspecified atom stereocenters. The third-order valence-electron chi connectivity index (χ3n) is 5.84. The molecule has 1 saturated heterocycles. The van der Waals surface area contributed by atoms with Crippen LogP contribution in [0.2, 0.25) is 0 Å². The SMILES string of the molecule is Cc1ccc(-c2cnn3c(-c4ccc(F)cc4)cc(N4CCCC4CO)nc23)cc1. The molecule has 4 aromatic rings. The van der Waals surface area contributed by atoms with Crippen LogP contribution in [0.25, 0.3) is 28.0 Å². The number of aliphatic hydroxyl groups excluding tert-OH is 1. The first-order chi connectivity index (χ1) is 14.6. The summed E-state index contributed by atoms with van der Waals surface area (Å²) in [6.45, 7) is 3.01. The number of anilines is 1. The lowest BCUT2D eigenvalue weighted by Gasteiger charge is -2.25. The van der Waals surface area contributed by atoms with Crippen molar-refractivity contribution < 1.29 is 9.50 Å². The van der Waals surface area contributed by atoms with E-state index in [4.69, 9.17) is 4.98 Å². The van der Waals surface area contributed by atoms with Crippen LogP contribution in [0, 0.1) is 12.7 Å². The van der Waals surface area contributed by atoms with E-state index in [0.29, 0.717) is 0 Å². The zero-order chi connectivity index (χ0) is 20.7. The van der Waals surface area contributed by atoms with Crippen molar-refractivity contribution in [2.75, 3.05) is 18.1 Å². The molecule has 3 heterocycles. The summed E-state index contributed by atoms with van der Waals surface area (Å²) in [5, 5.41) is 14.4. The van der Waals surface area contributed by atoms with E-state index < -0.39 is 0 Å². The Morgan fingerprint density at radius 3 is 2.53 bits per heavy atom. The highest BCUT2D eigenvalue weighted by Crippen LogP contribution is 2.33. The fourth-order valence-corrected chi connectivity index (χ4v) is 4.19. The van der Waals surface area contributed by atoms with Crippen molar-refractivity contribution in [3.63, 3.8) is 0 Å². The number of aromatic nitrogens is 3. The summed E-state index contributed by atoms with van der Waals surface area (Å²) in [6.07, 6.45) is 3.80. The largest absolute Gasteiger partial charge is 0.394 e. The van der Waals surface area contributed by atoms with E-state index in [-0.39, 0.29) is 18.5 Å². The van der Waals surface area contributed by atoms with E-state index in [0.717, 1.165) is 53.2 Å². The smallest absolute Gasteiger partial charge is 0.165 e. The first-order valence-corrected chi connectivity index (χ1v) is 10.2. The lowest BCUT2D eigenvalue weighted by atomic mass is 10.1. The lowest BCUT2D eigenvalue weighted by Crippen LogP contribution is -2.32. The summed E-state index contributed by atoms with van der Waals surface area (Å²) >= 11 is 0. The highest BCUT2D eigenvalue weighted by Gasteiger charge is 2.26. The highest BCUT2D eigenvalue weighted by atomic mass is 19.1. The summed E-state index contributed by atoms with van der Waals surface area (Å²) in [5.41, 5.74) is 5.64. The summed E-state index contributed by atoms with van der Waals surface area (Å²) in [4.78, 5) is 7.12. The summed E-state index contributed by atoms with van der Waals surface area (Å²) < 4.78 is 15.3. The molecule has 1 aliphatic rings. The average molecular weight is 402 g/mol. The van der Waals surface area contributed by atoms with Gasteiger partial charge in [0, 0.05) is 23.7 Å². The van der Waals surface area contributed by atoms with Gasteiger partial charge in [-0.1, -0.05) is 29.8 Å². The maximum absolute atomic E-state index is 13.5. The van der Waals surface area contributed by atoms with Gasteiger partial charge in [0.1, 0.15) is 11.6 Å². The Morgan fingerprint density at radius 1 is 1.07 bits per heavy atom. The fraction of sp³-hybridized carbons (Fsp3) is 0.250. The van der Waals surface area contributed by atoms with Gasteiger partial charge in [-0.05, 0) is 49.6 Å². The highest BCUT2D eigenvalue weighted by molar-refractivity contribution is 5.81. The number of halogens is 1. The molecule has 0 aliphatic carbocycles. The Bertz CT molecular complexity index is 1180. The van der Waals surface area contributed by atoms with E-state index in [1.54, 1.807) is 12.1 Å². The molecule has 0 bridgehead atoms. The van der Waals surface area contributed by atoms with E-state index >= 15 is 0 Å². The van der Waals surface area contributed by atoms with Crippen LogP contribution in [0.3, 0.4) is 0 Å². The molecule has 1 N–H and O–H groups in total. The number of benzene rings is 2. The number of aryl methyl sites for hydroxylation is 1. The van der Waals surface area contributed by atoms with Gasteiger partial charge in [-0.15, -0.1) is 0 Å². The summed E-state index contributed by atoms with van der Waals surface area (Å²) in [7, 11) is 0. The second kappa shape index (κ2) is 7.54. The monoisotopic (exact) mass is 402 g/mol. The molecule has 2 aromatic carbocycles. The van der Waals surface area contributed by atoms with Crippen molar-refractivity contribution in [1.82, 2.24) is 14.6 Å². The third kappa shape index (κ3) is 3.23. The van der Waals surface area contributed by atoms with Gasteiger partial charge in [-0.3, -0.25) is 0 Å².